The van der Waals surface area contributed by atoms with Crippen LogP contribution in [0, 0.1) is 17.5 Å². The molecule has 0 bridgehead atoms. The summed E-state index contributed by atoms with van der Waals surface area (Å²) >= 11 is 0. The zero-order valence-electron chi connectivity index (χ0n) is 15.3. The number of amides is 1. The third kappa shape index (κ3) is 5.47. The minimum Gasteiger partial charge on any atom is -0.453 e. The van der Waals surface area contributed by atoms with Gasteiger partial charge in [0.15, 0.2) is 11.6 Å². The maximum absolute atomic E-state index is 14.0. The van der Waals surface area contributed by atoms with Crippen molar-refractivity contribution in [2.45, 2.75) is 0 Å². The van der Waals surface area contributed by atoms with Crippen molar-refractivity contribution in [2.24, 2.45) is 0 Å². The van der Waals surface area contributed by atoms with Crippen LogP contribution in [0.4, 0.5) is 24.7 Å². The Bertz CT molecular complexity index is 1200. The highest BCUT2D eigenvalue weighted by atomic mass is 32.2. The SMILES string of the molecule is CS(=O)(=O)Nc1ccc(F)c(C(=O)Nc2ccc(Oc3ccc(F)cc3F)cn2)c1. The first-order valence-corrected chi connectivity index (χ1v) is 10.2. The fourth-order valence-corrected chi connectivity index (χ4v) is 2.92. The molecule has 156 valence electrons. The van der Waals surface area contributed by atoms with Crippen molar-refractivity contribution in [2.75, 3.05) is 16.3 Å². The van der Waals surface area contributed by atoms with Crippen LogP contribution >= 0.6 is 0 Å². The minimum absolute atomic E-state index is 0.0158. The molecule has 0 aliphatic rings. The standard InChI is InChI=1S/C19H14F3N3O4S/c1-30(27,28)25-12-3-5-15(21)14(9-12)19(26)24-18-7-4-13(10-23-18)29-17-6-2-11(20)8-16(17)22/h2-10,25H,1H3,(H,23,24,26). The number of nitrogens with zero attached hydrogens (tertiary/aromatic N) is 1. The summed E-state index contributed by atoms with van der Waals surface area (Å²) in [5, 5.41) is 2.35. The van der Waals surface area contributed by atoms with Crippen LogP contribution in [0.2, 0.25) is 0 Å². The van der Waals surface area contributed by atoms with E-state index in [0.717, 1.165) is 30.5 Å². The van der Waals surface area contributed by atoms with Crippen LogP contribution in [0.15, 0.2) is 54.7 Å². The van der Waals surface area contributed by atoms with Gasteiger partial charge in [0.2, 0.25) is 10.0 Å². The Kier molecular flexibility index (Phi) is 5.92. The lowest BCUT2D eigenvalue weighted by molar-refractivity contribution is 0.102. The molecule has 0 saturated carbocycles. The summed E-state index contributed by atoms with van der Waals surface area (Å²) in [6, 6.07) is 8.66. The maximum Gasteiger partial charge on any atom is 0.259 e. The van der Waals surface area contributed by atoms with Crippen molar-refractivity contribution in [3.05, 3.63) is 77.7 Å². The number of nitrogens with one attached hydrogen (secondary N) is 2. The fourth-order valence-electron chi connectivity index (χ4n) is 2.36. The summed E-state index contributed by atoms with van der Waals surface area (Å²) < 4.78 is 70.5. The van der Waals surface area contributed by atoms with E-state index >= 15 is 0 Å². The molecule has 0 aliphatic heterocycles. The molecule has 0 unspecified atom stereocenters. The van der Waals surface area contributed by atoms with Crippen molar-refractivity contribution < 1.29 is 31.1 Å². The smallest absolute Gasteiger partial charge is 0.259 e. The summed E-state index contributed by atoms with van der Waals surface area (Å²) in [6.07, 6.45) is 2.10. The summed E-state index contributed by atoms with van der Waals surface area (Å²) in [6.45, 7) is 0. The Hall–Kier alpha value is -3.60. The quantitative estimate of drug-likeness (QED) is 0.609. The molecule has 7 nitrogen and oxygen atoms in total. The second-order valence-corrected chi connectivity index (χ2v) is 7.83. The van der Waals surface area contributed by atoms with Gasteiger partial charge in [-0.1, -0.05) is 0 Å². The van der Waals surface area contributed by atoms with E-state index in [1.807, 2.05) is 0 Å². The molecule has 0 fully saturated rings. The molecule has 0 spiro atoms. The van der Waals surface area contributed by atoms with E-state index in [-0.39, 0.29) is 23.0 Å². The molecule has 2 N–H and O–H groups in total. The predicted octanol–water partition coefficient (Wildman–Crippen LogP) is 3.92. The Morgan fingerprint density at radius 3 is 2.40 bits per heavy atom. The van der Waals surface area contributed by atoms with Gasteiger partial charge < -0.3 is 10.1 Å². The van der Waals surface area contributed by atoms with Gasteiger partial charge in [-0.15, -0.1) is 0 Å². The van der Waals surface area contributed by atoms with Crippen molar-refractivity contribution in [1.82, 2.24) is 4.98 Å². The third-order valence-electron chi connectivity index (χ3n) is 3.61. The fraction of sp³-hybridized carbons (Fsp3) is 0.0526. The number of aromatic nitrogens is 1. The minimum atomic E-state index is -3.61. The Labute approximate surface area is 169 Å². The number of hydrogen-bond acceptors (Lipinski definition) is 5. The molecular weight excluding hydrogens is 423 g/mol. The number of sulfonamides is 1. The van der Waals surface area contributed by atoms with E-state index in [2.05, 4.69) is 15.0 Å². The van der Waals surface area contributed by atoms with Crippen LogP contribution in [0.25, 0.3) is 0 Å². The normalized spacial score (nSPS) is 11.1. The van der Waals surface area contributed by atoms with Crippen molar-refractivity contribution in [1.29, 1.82) is 0 Å². The average Bonchev–Trinajstić information content (AvgIpc) is 2.66. The molecule has 0 saturated heterocycles. The number of ether oxygens (including phenoxy) is 1. The number of carbonyl (C=O) groups is 1. The number of rotatable bonds is 6. The lowest BCUT2D eigenvalue weighted by Crippen LogP contribution is -2.16. The van der Waals surface area contributed by atoms with Gasteiger partial charge in [-0.25, -0.2) is 26.6 Å². The van der Waals surface area contributed by atoms with Crippen molar-refractivity contribution in [3.63, 3.8) is 0 Å². The molecule has 30 heavy (non-hydrogen) atoms. The Morgan fingerprint density at radius 1 is 1.00 bits per heavy atom. The van der Waals surface area contributed by atoms with Gasteiger partial charge in [0, 0.05) is 11.8 Å². The van der Waals surface area contributed by atoms with E-state index in [1.54, 1.807) is 0 Å². The average molecular weight is 437 g/mol. The van der Waals surface area contributed by atoms with Gasteiger partial charge in [0.05, 0.1) is 18.0 Å². The highest BCUT2D eigenvalue weighted by molar-refractivity contribution is 7.92. The van der Waals surface area contributed by atoms with Crippen LogP contribution in [0.3, 0.4) is 0 Å². The molecule has 3 rings (SSSR count). The number of carbonyl (C=O) groups excluding carboxylic acids is 1. The topological polar surface area (TPSA) is 97.4 Å². The van der Waals surface area contributed by atoms with Crippen LogP contribution < -0.4 is 14.8 Å². The van der Waals surface area contributed by atoms with Crippen LogP contribution in [-0.2, 0) is 10.0 Å². The first-order chi connectivity index (χ1) is 14.1. The van der Waals surface area contributed by atoms with Gasteiger partial charge in [-0.3, -0.25) is 9.52 Å². The largest absolute Gasteiger partial charge is 0.453 e. The zero-order valence-corrected chi connectivity index (χ0v) is 16.1. The molecule has 11 heteroatoms. The van der Waals surface area contributed by atoms with Crippen molar-refractivity contribution >= 4 is 27.4 Å². The molecule has 3 aromatic rings. The molecule has 0 atom stereocenters. The molecule has 1 amide bonds. The predicted molar refractivity (Wildman–Crippen MR) is 103 cm³/mol. The summed E-state index contributed by atoms with van der Waals surface area (Å²) in [7, 11) is -3.61. The lowest BCUT2D eigenvalue weighted by Gasteiger charge is -2.10. The van der Waals surface area contributed by atoms with Gasteiger partial charge in [0.25, 0.3) is 5.91 Å². The van der Waals surface area contributed by atoms with E-state index in [1.165, 1.54) is 24.4 Å². The van der Waals surface area contributed by atoms with Gasteiger partial charge >= 0.3 is 0 Å². The molecule has 1 heterocycles. The monoisotopic (exact) mass is 437 g/mol. The highest BCUT2D eigenvalue weighted by Gasteiger charge is 2.15. The van der Waals surface area contributed by atoms with Crippen LogP contribution in [0.5, 0.6) is 11.5 Å². The zero-order chi connectivity index (χ0) is 21.9. The molecule has 0 aliphatic carbocycles. The number of benzene rings is 2. The summed E-state index contributed by atoms with van der Waals surface area (Å²) in [5.74, 6) is -3.44. The molecule has 0 radical (unpaired) electrons. The summed E-state index contributed by atoms with van der Waals surface area (Å²) in [5.41, 5.74) is -0.388. The maximum atomic E-state index is 14.0. The number of pyridine rings is 1. The second-order valence-electron chi connectivity index (χ2n) is 6.08. The molecule has 2 aromatic carbocycles. The van der Waals surface area contributed by atoms with E-state index in [4.69, 9.17) is 4.74 Å². The van der Waals surface area contributed by atoms with Gasteiger partial charge in [0.1, 0.15) is 23.2 Å². The van der Waals surface area contributed by atoms with Crippen molar-refractivity contribution in [3.8, 4) is 11.5 Å². The summed E-state index contributed by atoms with van der Waals surface area (Å²) in [4.78, 5) is 16.2. The van der Waals surface area contributed by atoms with E-state index in [0.29, 0.717) is 6.07 Å². The third-order valence-corrected chi connectivity index (χ3v) is 4.22. The molecule has 1 aromatic heterocycles. The van der Waals surface area contributed by atoms with E-state index in [9.17, 15) is 26.4 Å². The highest BCUT2D eigenvalue weighted by Crippen LogP contribution is 2.25. The number of halogens is 3. The number of anilines is 2. The second kappa shape index (κ2) is 8.41. The Balaban J connectivity index is 1.72. The van der Waals surface area contributed by atoms with E-state index < -0.39 is 38.9 Å². The lowest BCUT2D eigenvalue weighted by atomic mass is 10.2. The van der Waals surface area contributed by atoms with Crippen LogP contribution in [0.1, 0.15) is 10.4 Å². The van der Waals surface area contributed by atoms with Gasteiger partial charge in [-0.2, -0.15) is 0 Å². The first kappa shape index (κ1) is 21.1. The van der Waals surface area contributed by atoms with Gasteiger partial charge in [-0.05, 0) is 42.5 Å². The first-order valence-electron chi connectivity index (χ1n) is 8.28. The number of hydrogen-bond donors (Lipinski definition) is 2. The Morgan fingerprint density at radius 2 is 1.77 bits per heavy atom. The molecular formula is C19H14F3N3O4S. The van der Waals surface area contributed by atoms with Crippen LogP contribution in [-0.4, -0.2) is 25.6 Å².